The van der Waals surface area contributed by atoms with E-state index in [1.54, 1.807) is 0 Å². The quantitative estimate of drug-likeness (QED) is 0.0342. The first-order valence-corrected chi connectivity index (χ1v) is 24.0. The maximum Gasteiger partial charge on any atom is 0.337 e. The maximum atomic E-state index is 13.6. The van der Waals surface area contributed by atoms with Gasteiger partial charge in [0, 0.05) is 39.6 Å². The summed E-state index contributed by atoms with van der Waals surface area (Å²) in [6.45, 7) is 9.30. The second-order valence-electron chi connectivity index (χ2n) is 15.4. The van der Waals surface area contributed by atoms with Crippen molar-refractivity contribution in [3.05, 3.63) is 0 Å². The first-order chi connectivity index (χ1) is 32.1. The van der Waals surface area contributed by atoms with Crippen LogP contribution in [0.15, 0.2) is 0 Å². The van der Waals surface area contributed by atoms with Gasteiger partial charge in [0.25, 0.3) is 0 Å². The summed E-state index contributed by atoms with van der Waals surface area (Å²) in [4.78, 5) is 81.7. The predicted molar refractivity (Wildman–Crippen MR) is 242 cm³/mol. The molecule has 0 bridgehead atoms. The highest BCUT2D eigenvalue weighted by molar-refractivity contribution is 5.91. The molecule has 0 atom stereocenters. The van der Waals surface area contributed by atoms with E-state index in [1.807, 2.05) is 41.5 Å². The van der Waals surface area contributed by atoms with Crippen molar-refractivity contribution in [1.29, 1.82) is 0 Å². The summed E-state index contributed by atoms with van der Waals surface area (Å²) in [6.07, 6.45) is 14.1. The molecule has 0 N–H and O–H groups in total. The lowest BCUT2D eigenvalue weighted by Gasteiger charge is -2.23. The summed E-state index contributed by atoms with van der Waals surface area (Å²) in [7, 11) is 0. The molecule has 1 aromatic carbocycles. The van der Waals surface area contributed by atoms with Crippen molar-refractivity contribution < 1.29 is 85.6 Å². The summed E-state index contributed by atoms with van der Waals surface area (Å²) in [6, 6.07) is 0. The smallest absolute Gasteiger partial charge is 0.337 e. The second-order valence-corrected chi connectivity index (χ2v) is 15.4. The molecule has 0 aliphatic carbocycles. The first-order valence-electron chi connectivity index (χ1n) is 24.0. The Balaban J connectivity index is 4.24. The number of carbonyl (C=O) groups excluding carboxylic acids is 6. The van der Waals surface area contributed by atoms with Gasteiger partial charge in [-0.05, 0) is 38.5 Å². The van der Waals surface area contributed by atoms with Crippen molar-refractivity contribution >= 4 is 35.8 Å². The first kappa shape index (κ1) is 59.8. The van der Waals surface area contributed by atoms with E-state index in [-0.39, 0.29) is 39.6 Å². The van der Waals surface area contributed by atoms with E-state index in [9.17, 15) is 28.8 Å². The molecule has 0 radical (unpaired) electrons. The lowest BCUT2D eigenvalue weighted by atomic mass is 10.2. The number of unbranched alkanes of at least 4 members (excludes halogenated alkanes) is 12. The molecule has 18 heteroatoms. The molecular weight excluding hydrogens is 865 g/mol. The molecule has 0 amide bonds. The fraction of sp³-hybridized carbons (Fsp3) is 0.750. The van der Waals surface area contributed by atoms with Crippen LogP contribution in [0.4, 0.5) is 0 Å². The van der Waals surface area contributed by atoms with E-state index in [0.717, 1.165) is 77.0 Å². The van der Waals surface area contributed by atoms with Crippen LogP contribution in [-0.2, 0) is 57.2 Å². The summed E-state index contributed by atoms with van der Waals surface area (Å²) in [5, 5.41) is 0. The third kappa shape index (κ3) is 28.1. The van der Waals surface area contributed by atoms with Gasteiger partial charge in [0.1, 0.15) is 39.6 Å². The third-order valence-corrected chi connectivity index (χ3v) is 9.21. The van der Waals surface area contributed by atoms with Gasteiger partial charge in [-0.1, -0.05) is 119 Å². The van der Waals surface area contributed by atoms with E-state index in [0.29, 0.717) is 38.5 Å². The zero-order chi connectivity index (χ0) is 48.6. The Hall–Kier alpha value is -4.20. The molecule has 0 aliphatic heterocycles. The van der Waals surface area contributed by atoms with Crippen LogP contribution in [0.5, 0.6) is 34.5 Å². The number of hydrogen-bond donors (Lipinski definition) is 0. The summed E-state index contributed by atoms with van der Waals surface area (Å²) in [5.74, 6) is -11.8. The van der Waals surface area contributed by atoms with Crippen LogP contribution >= 0.6 is 0 Å². The minimum Gasteiger partial charge on any atom is -0.416 e. The number of esters is 6. The van der Waals surface area contributed by atoms with Gasteiger partial charge in [-0.15, -0.1) is 0 Å². The molecule has 1 rings (SSSR count). The standard InChI is InChI=1S/C48H78O18/c1-7-13-19-25-55-31-37(49)61-43-44(62-38(50)32-56-26-20-14-8-2)46(64-40(52)34-58-28-22-16-10-4)48(66-42(54)36-60-30-24-18-12-6)47(65-41(53)35-59-29-23-17-11-5)45(43)63-39(51)33-57-27-21-15-9-3/h7-36H2,1-6H3. The molecule has 0 aliphatic rings. The molecule has 0 unspecified atom stereocenters. The zero-order valence-electron chi connectivity index (χ0n) is 40.6. The normalized spacial score (nSPS) is 11.0. The Morgan fingerprint density at radius 2 is 0.379 bits per heavy atom. The van der Waals surface area contributed by atoms with Crippen molar-refractivity contribution in [3.8, 4) is 34.5 Å². The number of benzene rings is 1. The Morgan fingerprint density at radius 3 is 0.500 bits per heavy atom. The van der Waals surface area contributed by atoms with E-state index in [2.05, 4.69) is 0 Å². The van der Waals surface area contributed by atoms with Crippen LogP contribution in [0.3, 0.4) is 0 Å². The second kappa shape index (κ2) is 39.9. The Morgan fingerprint density at radius 1 is 0.242 bits per heavy atom. The lowest BCUT2D eigenvalue weighted by Crippen LogP contribution is -2.25. The highest BCUT2D eigenvalue weighted by atomic mass is 16.7. The molecule has 0 saturated carbocycles. The summed E-state index contributed by atoms with van der Waals surface area (Å²) >= 11 is 0. The van der Waals surface area contributed by atoms with Gasteiger partial charge in [0.05, 0.1) is 0 Å². The van der Waals surface area contributed by atoms with Crippen LogP contribution < -0.4 is 28.4 Å². The van der Waals surface area contributed by atoms with Crippen molar-refractivity contribution in [2.75, 3.05) is 79.3 Å². The predicted octanol–water partition coefficient (Wildman–Crippen LogP) is 8.36. The van der Waals surface area contributed by atoms with Crippen molar-refractivity contribution in [2.24, 2.45) is 0 Å². The van der Waals surface area contributed by atoms with Gasteiger partial charge in [-0.2, -0.15) is 0 Å². The molecular formula is C48H78O18. The summed E-state index contributed by atoms with van der Waals surface area (Å²) < 4.78 is 67.7. The monoisotopic (exact) mass is 943 g/mol. The Labute approximate surface area is 391 Å². The number of hydrogen-bond acceptors (Lipinski definition) is 18. The van der Waals surface area contributed by atoms with Crippen molar-refractivity contribution in [1.82, 2.24) is 0 Å². The topological polar surface area (TPSA) is 213 Å². The number of carbonyl (C=O) groups is 6. The largest absolute Gasteiger partial charge is 0.416 e. The van der Waals surface area contributed by atoms with Crippen LogP contribution in [0.1, 0.15) is 157 Å². The van der Waals surface area contributed by atoms with Crippen LogP contribution in [0.25, 0.3) is 0 Å². The Bertz CT molecular complexity index is 1220. The Kier molecular flexibility index (Phi) is 36.2. The number of rotatable bonds is 42. The van der Waals surface area contributed by atoms with Gasteiger partial charge >= 0.3 is 35.8 Å². The molecule has 0 spiro atoms. The van der Waals surface area contributed by atoms with Crippen molar-refractivity contribution in [3.63, 3.8) is 0 Å². The van der Waals surface area contributed by atoms with E-state index >= 15 is 0 Å². The average Bonchev–Trinajstić information content (AvgIpc) is 3.29. The van der Waals surface area contributed by atoms with Gasteiger partial charge in [0.2, 0.25) is 34.5 Å². The van der Waals surface area contributed by atoms with Crippen LogP contribution in [0, 0.1) is 0 Å². The molecule has 0 heterocycles. The fourth-order valence-electron chi connectivity index (χ4n) is 5.69. The molecule has 1 aromatic rings. The van der Waals surface area contributed by atoms with Crippen LogP contribution in [-0.4, -0.2) is 115 Å². The zero-order valence-corrected chi connectivity index (χ0v) is 40.6. The molecule has 378 valence electrons. The number of ether oxygens (including phenoxy) is 12. The molecule has 66 heavy (non-hydrogen) atoms. The van der Waals surface area contributed by atoms with E-state index in [4.69, 9.17) is 56.8 Å². The summed E-state index contributed by atoms with van der Waals surface area (Å²) in [5.41, 5.74) is 0. The minimum atomic E-state index is -1.09. The third-order valence-electron chi connectivity index (χ3n) is 9.21. The fourth-order valence-corrected chi connectivity index (χ4v) is 5.69. The molecule has 18 nitrogen and oxygen atoms in total. The lowest BCUT2D eigenvalue weighted by molar-refractivity contribution is -0.145. The van der Waals surface area contributed by atoms with E-state index < -0.39 is 110 Å². The average molecular weight is 943 g/mol. The van der Waals surface area contributed by atoms with Gasteiger partial charge < -0.3 is 56.8 Å². The van der Waals surface area contributed by atoms with Gasteiger partial charge in [-0.3, -0.25) is 0 Å². The highest BCUT2D eigenvalue weighted by Crippen LogP contribution is 2.58. The van der Waals surface area contributed by atoms with Gasteiger partial charge in [-0.25, -0.2) is 28.8 Å². The highest BCUT2D eigenvalue weighted by Gasteiger charge is 2.38. The van der Waals surface area contributed by atoms with Crippen molar-refractivity contribution in [2.45, 2.75) is 157 Å². The van der Waals surface area contributed by atoms with Gasteiger partial charge in [0.15, 0.2) is 0 Å². The van der Waals surface area contributed by atoms with Crippen LogP contribution in [0.2, 0.25) is 0 Å². The molecule has 0 aromatic heterocycles. The minimum absolute atomic E-state index is 0.189. The van der Waals surface area contributed by atoms with E-state index in [1.165, 1.54) is 0 Å². The molecule has 0 fully saturated rings. The maximum absolute atomic E-state index is 13.6. The SMILES string of the molecule is CCCCCOCC(=O)Oc1c(OC(=O)COCCCCC)c(OC(=O)COCCCCC)c(OC(=O)COCCCCC)c(OC(=O)COCCCCC)c1OC(=O)COCCCCC. The molecule has 0 saturated heterocycles.